The smallest absolute Gasteiger partial charge is 0.156 e. The molecule has 1 aliphatic rings. The highest BCUT2D eigenvalue weighted by Gasteiger charge is 2.23. The van der Waals surface area contributed by atoms with E-state index in [2.05, 4.69) is 30.3 Å². The highest BCUT2D eigenvalue weighted by Crippen LogP contribution is 2.36. The molecule has 0 bridgehead atoms. The average molecular weight is 316 g/mol. The van der Waals surface area contributed by atoms with Gasteiger partial charge >= 0.3 is 0 Å². The van der Waals surface area contributed by atoms with Gasteiger partial charge in [-0.2, -0.15) is 0 Å². The van der Waals surface area contributed by atoms with Gasteiger partial charge in [0.05, 0.1) is 0 Å². The second-order valence-electron chi connectivity index (χ2n) is 6.35. The van der Waals surface area contributed by atoms with Gasteiger partial charge in [0.1, 0.15) is 5.82 Å². The Bertz CT molecular complexity index is 938. The molecule has 4 rings (SSSR count). The Kier molecular flexibility index (Phi) is 3.73. The number of hydrogen-bond acceptors (Lipinski definition) is 1. The maximum Gasteiger partial charge on any atom is 0.156 e. The van der Waals surface area contributed by atoms with E-state index in [1.54, 1.807) is 18.2 Å². The highest BCUT2D eigenvalue weighted by molar-refractivity contribution is 6.00. The van der Waals surface area contributed by atoms with Gasteiger partial charge < -0.3 is 0 Å². The first-order valence-electron chi connectivity index (χ1n) is 8.17. The second kappa shape index (κ2) is 6.04. The molecular weight excluding hydrogens is 299 g/mol. The normalized spacial score (nSPS) is 17.8. The van der Waals surface area contributed by atoms with Gasteiger partial charge in [0.25, 0.3) is 0 Å². The number of benzene rings is 3. The molecule has 0 spiro atoms. The van der Waals surface area contributed by atoms with Crippen molar-refractivity contribution in [1.29, 1.82) is 0 Å². The van der Waals surface area contributed by atoms with Crippen molar-refractivity contribution in [3.8, 4) is 0 Å². The van der Waals surface area contributed by atoms with Crippen molar-refractivity contribution in [3.05, 3.63) is 89.8 Å². The summed E-state index contributed by atoms with van der Waals surface area (Å²) in [6.07, 6.45) is 3.06. The molecule has 0 saturated heterocycles. The molecule has 3 aromatic carbocycles. The molecule has 0 radical (unpaired) electrons. The topological polar surface area (TPSA) is 17.1 Å². The van der Waals surface area contributed by atoms with E-state index in [4.69, 9.17) is 0 Å². The van der Waals surface area contributed by atoms with Crippen LogP contribution in [0, 0.1) is 5.82 Å². The zero-order chi connectivity index (χ0) is 16.5. The molecule has 1 unspecified atom stereocenters. The largest absolute Gasteiger partial charge is 0.295 e. The van der Waals surface area contributed by atoms with Crippen molar-refractivity contribution in [3.63, 3.8) is 0 Å². The summed E-state index contributed by atoms with van der Waals surface area (Å²) in [6.45, 7) is 0. The summed E-state index contributed by atoms with van der Waals surface area (Å²) in [7, 11) is 0. The van der Waals surface area contributed by atoms with Crippen LogP contribution in [0.2, 0.25) is 0 Å². The van der Waals surface area contributed by atoms with E-state index >= 15 is 0 Å². The van der Waals surface area contributed by atoms with Crippen LogP contribution in [0.4, 0.5) is 4.39 Å². The van der Waals surface area contributed by atoms with Crippen LogP contribution in [0.5, 0.6) is 0 Å². The number of halogens is 1. The van der Waals surface area contributed by atoms with Gasteiger partial charge in [-0.1, -0.05) is 48.5 Å². The lowest BCUT2D eigenvalue weighted by atomic mass is 9.81. The van der Waals surface area contributed by atoms with Crippen LogP contribution in [-0.4, -0.2) is 5.78 Å². The zero-order valence-corrected chi connectivity index (χ0v) is 13.2. The van der Waals surface area contributed by atoms with Crippen molar-refractivity contribution in [2.75, 3.05) is 0 Å². The van der Waals surface area contributed by atoms with Gasteiger partial charge in [-0.05, 0) is 64.1 Å². The fourth-order valence-electron chi connectivity index (χ4n) is 3.45. The van der Waals surface area contributed by atoms with Crippen LogP contribution in [0.1, 0.15) is 29.9 Å². The lowest BCUT2D eigenvalue weighted by Crippen LogP contribution is -2.12. The minimum Gasteiger partial charge on any atom is -0.295 e. The summed E-state index contributed by atoms with van der Waals surface area (Å²) in [6, 6.07) is 21.0. The molecule has 24 heavy (non-hydrogen) atoms. The second-order valence-corrected chi connectivity index (χ2v) is 6.35. The summed E-state index contributed by atoms with van der Waals surface area (Å²) in [4.78, 5) is 12.2. The molecule has 0 heterocycles. The molecule has 118 valence electrons. The Balaban J connectivity index is 1.68. The highest BCUT2D eigenvalue weighted by atomic mass is 19.1. The first-order valence-corrected chi connectivity index (χ1v) is 8.17. The number of rotatable bonds is 2. The fourth-order valence-corrected chi connectivity index (χ4v) is 3.45. The molecule has 3 aromatic rings. The average Bonchev–Trinajstić information content (AvgIpc) is 2.61. The molecule has 0 N–H and O–H groups in total. The maximum absolute atomic E-state index is 13.1. The van der Waals surface area contributed by atoms with Gasteiger partial charge in [0, 0.05) is 6.42 Å². The van der Waals surface area contributed by atoms with Crippen molar-refractivity contribution >= 4 is 22.1 Å². The molecule has 0 aliphatic heterocycles. The summed E-state index contributed by atoms with van der Waals surface area (Å²) >= 11 is 0. The van der Waals surface area contributed by atoms with Gasteiger partial charge in [-0.3, -0.25) is 4.79 Å². The molecule has 1 nitrogen and oxygen atoms in total. The third kappa shape index (κ3) is 2.88. The van der Waals surface area contributed by atoms with Crippen LogP contribution in [0.15, 0.2) is 72.8 Å². The number of fused-ring (bicyclic) bond motifs is 1. The summed E-state index contributed by atoms with van der Waals surface area (Å²) in [5, 5.41) is 2.37. The minimum atomic E-state index is -0.244. The van der Waals surface area contributed by atoms with E-state index in [1.165, 1.54) is 22.9 Å². The molecule has 0 aromatic heterocycles. The van der Waals surface area contributed by atoms with E-state index in [1.807, 2.05) is 12.1 Å². The number of allylic oxidation sites excluding steroid dienone is 2. The molecule has 0 amide bonds. The fraction of sp³-hybridized carbons (Fsp3) is 0.136. The standard InChI is InChI=1S/C22H17FO/c23-21-9-7-16(8-10-21)19-12-20(14-22(24)13-19)18-6-5-15-3-1-2-4-17(15)11-18/h1-11,14,19H,12-13H2. The van der Waals surface area contributed by atoms with E-state index in [-0.39, 0.29) is 17.5 Å². The molecule has 2 heteroatoms. The predicted molar refractivity (Wildman–Crippen MR) is 95.3 cm³/mol. The minimum absolute atomic E-state index is 0.115. The molecule has 0 fully saturated rings. The lowest BCUT2D eigenvalue weighted by Gasteiger charge is -2.23. The molecular formula is C22H17FO. The Labute approximate surface area is 140 Å². The SMILES string of the molecule is O=C1C=C(c2ccc3ccccc3c2)CC(c2ccc(F)cc2)C1. The van der Waals surface area contributed by atoms with Crippen molar-refractivity contribution < 1.29 is 9.18 Å². The molecule has 1 aliphatic carbocycles. The number of hydrogen-bond donors (Lipinski definition) is 0. The van der Waals surface area contributed by atoms with Crippen LogP contribution < -0.4 is 0 Å². The van der Waals surface area contributed by atoms with Crippen LogP contribution in [0.3, 0.4) is 0 Å². The van der Waals surface area contributed by atoms with Crippen molar-refractivity contribution in [1.82, 2.24) is 0 Å². The number of carbonyl (C=O) groups is 1. The third-order valence-electron chi connectivity index (χ3n) is 4.71. The van der Waals surface area contributed by atoms with E-state index in [0.717, 1.165) is 23.1 Å². The van der Waals surface area contributed by atoms with Gasteiger partial charge in [0.2, 0.25) is 0 Å². The summed E-state index contributed by atoms with van der Waals surface area (Å²) in [5.41, 5.74) is 3.18. The third-order valence-corrected chi connectivity index (χ3v) is 4.71. The van der Waals surface area contributed by atoms with Crippen molar-refractivity contribution in [2.45, 2.75) is 18.8 Å². The zero-order valence-electron chi connectivity index (χ0n) is 13.2. The number of ketones is 1. The Morgan fingerprint density at radius 2 is 1.58 bits per heavy atom. The van der Waals surface area contributed by atoms with Gasteiger partial charge in [0.15, 0.2) is 5.78 Å². The van der Waals surface area contributed by atoms with Gasteiger partial charge in [-0.25, -0.2) is 4.39 Å². The summed E-state index contributed by atoms with van der Waals surface area (Å²) in [5.74, 6) is 0.00878. The number of carbonyl (C=O) groups excluding carboxylic acids is 1. The quantitative estimate of drug-likeness (QED) is 0.609. The molecule has 1 atom stereocenters. The van der Waals surface area contributed by atoms with Crippen LogP contribution in [-0.2, 0) is 4.79 Å². The molecule has 0 saturated carbocycles. The Morgan fingerprint density at radius 1 is 0.833 bits per heavy atom. The Morgan fingerprint density at radius 3 is 2.38 bits per heavy atom. The van der Waals surface area contributed by atoms with E-state index in [9.17, 15) is 9.18 Å². The van der Waals surface area contributed by atoms with E-state index in [0.29, 0.717) is 6.42 Å². The monoisotopic (exact) mass is 316 g/mol. The first-order chi connectivity index (χ1) is 11.7. The van der Waals surface area contributed by atoms with Gasteiger partial charge in [-0.15, -0.1) is 0 Å². The summed E-state index contributed by atoms with van der Waals surface area (Å²) < 4.78 is 13.1. The van der Waals surface area contributed by atoms with Crippen LogP contribution >= 0.6 is 0 Å². The van der Waals surface area contributed by atoms with Crippen molar-refractivity contribution in [2.24, 2.45) is 0 Å². The first kappa shape index (κ1) is 14.8. The maximum atomic E-state index is 13.1. The van der Waals surface area contributed by atoms with E-state index < -0.39 is 0 Å². The lowest BCUT2D eigenvalue weighted by molar-refractivity contribution is -0.115. The van der Waals surface area contributed by atoms with Crippen LogP contribution in [0.25, 0.3) is 16.3 Å². The Hall–Kier alpha value is -2.74. The predicted octanol–water partition coefficient (Wildman–Crippen LogP) is 5.51.